The minimum absolute atomic E-state index is 0.0203. The van der Waals surface area contributed by atoms with Crippen LogP contribution in [0.4, 0.5) is 15.9 Å². The summed E-state index contributed by atoms with van der Waals surface area (Å²) < 4.78 is 13.0. The number of anilines is 1. The van der Waals surface area contributed by atoms with Gasteiger partial charge in [0.1, 0.15) is 11.0 Å². The van der Waals surface area contributed by atoms with Crippen molar-refractivity contribution in [3.63, 3.8) is 0 Å². The van der Waals surface area contributed by atoms with Gasteiger partial charge in [-0.05, 0) is 24.3 Å². The van der Waals surface area contributed by atoms with Crippen molar-refractivity contribution in [3.05, 3.63) is 62.0 Å². The number of hydrogen-bond acceptors (Lipinski definition) is 4. The third kappa shape index (κ3) is 3.45. The number of nitrogens with zero attached hydrogens (tertiary/aromatic N) is 2. The Morgan fingerprint density at radius 1 is 1.29 bits per heavy atom. The van der Waals surface area contributed by atoms with Crippen LogP contribution in [0.2, 0.25) is 10.2 Å². The molecule has 0 atom stereocenters. The minimum atomic E-state index is -0.727. The van der Waals surface area contributed by atoms with Crippen LogP contribution in [-0.4, -0.2) is 15.8 Å². The van der Waals surface area contributed by atoms with E-state index in [1.54, 1.807) is 0 Å². The average molecular weight is 330 g/mol. The maximum atomic E-state index is 13.0. The smallest absolute Gasteiger partial charge is 0.301 e. The number of aromatic nitrogens is 1. The SMILES string of the molecule is O=C(Nc1nc(Cl)ccc1[N+](=O)[O-])c1ccc(F)c(Cl)c1. The Morgan fingerprint density at radius 2 is 2.00 bits per heavy atom. The zero-order chi connectivity index (χ0) is 15.6. The molecule has 6 nitrogen and oxygen atoms in total. The normalized spacial score (nSPS) is 10.2. The Kier molecular flexibility index (Phi) is 4.35. The molecule has 9 heteroatoms. The van der Waals surface area contributed by atoms with E-state index >= 15 is 0 Å². The van der Waals surface area contributed by atoms with E-state index in [1.165, 1.54) is 12.1 Å². The molecule has 2 aromatic rings. The highest BCUT2D eigenvalue weighted by Crippen LogP contribution is 2.25. The number of amides is 1. The lowest BCUT2D eigenvalue weighted by molar-refractivity contribution is -0.384. The molecule has 1 N–H and O–H groups in total. The molecule has 0 bridgehead atoms. The number of carbonyl (C=O) groups excluding carboxylic acids is 1. The van der Waals surface area contributed by atoms with Crippen molar-refractivity contribution in [3.8, 4) is 0 Å². The average Bonchev–Trinajstić information content (AvgIpc) is 2.41. The maximum absolute atomic E-state index is 13.0. The van der Waals surface area contributed by atoms with Gasteiger partial charge < -0.3 is 5.32 Å². The minimum Gasteiger partial charge on any atom is -0.301 e. The van der Waals surface area contributed by atoms with Crippen molar-refractivity contribution in [2.45, 2.75) is 0 Å². The molecule has 0 radical (unpaired) electrons. The molecule has 0 spiro atoms. The summed E-state index contributed by atoms with van der Waals surface area (Å²) >= 11 is 11.2. The van der Waals surface area contributed by atoms with Gasteiger partial charge in [0, 0.05) is 11.6 Å². The molecular weight excluding hydrogens is 324 g/mol. The number of benzene rings is 1. The topological polar surface area (TPSA) is 85.1 Å². The van der Waals surface area contributed by atoms with Gasteiger partial charge in [0.25, 0.3) is 5.91 Å². The molecule has 0 aliphatic carbocycles. The fourth-order valence-corrected chi connectivity index (χ4v) is 1.81. The quantitative estimate of drug-likeness (QED) is 0.528. The van der Waals surface area contributed by atoms with Crippen molar-refractivity contribution in [1.82, 2.24) is 4.98 Å². The standard InChI is InChI=1S/C12H6Cl2FN3O3/c13-7-5-6(1-2-8(7)15)12(19)17-11-9(18(20)21)3-4-10(14)16-11/h1-5H,(H,16,17,19). The number of carbonyl (C=O) groups is 1. The highest BCUT2D eigenvalue weighted by atomic mass is 35.5. The van der Waals surface area contributed by atoms with Gasteiger partial charge in [-0.2, -0.15) is 0 Å². The Morgan fingerprint density at radius 3 is 2.62 bits per heavy atom. The number of rotatable bonds is 3. The lowest BCUT2D eigenvalue weighted by Gasteiger charge is -2.06. The van der Waals surface area contributed by atoms with Gasteiger partial charge >= 0.3 is 5.69 Å². The van der Waals surface area contributed by atoms with Crippen molar-refractivity contribution in [2.24, 2.45) is 0 Å². The van der Waals surface area contributed by atoms with E-state index in [-0.39, 0.29) is 21.6 Å². The zero-order valence-electron chi connectivity index (χ0n) is 10.1. The summed E-state index contributed by atoms with van der Waals surface area (Å²) in [5.41, 5.74) is -0.390. The van der Waals surface area contributed by atoms with Gasteiger partial charge in [-0.15, -0.1) is 0 Å². The Balaban J connectivity index is 2.33. The molecule has 0 saturated heterocycles. The predicted octanol–water partition coefficient (Wildman–Crippen LogP) is 3.69. The highest BCUT2D eigenvalue weighted by Gasteiger charge is 2.19. The van der Waals surface area contributed by atoms with Gasteiger partial charge in [-0.3, -0.25) is 14.9 Å². The second-order valence-electron chi connectivity index (χ2n) is 3.84. The van der Waals surface area contributed by atoms with Gasteiger partial charge in [-0.1, -0.05) is 23.2 Å². The molecule has 1 amide bonds. The molecule has 0 aliphatic heterocycles. The first-order chi connectivity index (χ1) is 9.88. The Hall–Kier alpha value is -2.25. The lowest BCUT2D eigenvalue weighted by atomic mass is 10.2. The molecular formula is C12H6Cl2FN3O3. The summed E-state index contributed by atoms with van der Waals surface area (Å²) in [7, 11) is 0. The van der Waals surface area contributed by atoms with Crippen molar-refractivity contribution >= 4 is 40.6 Å². The Bertz CT molecular complexity index is 740. The third-order valence-electron chi connectivity index (χ3n) is 2.45. The molecule has 21 heavy (non-hydrogen) atoms. The molecule has 1 heterocycles. The van der Waals surface area contributed by atoms with Crippen LogP contribution in [0.5, 0.6) is 0 Å². The van der Waals surface area contributed by atoms with Crippen LogP contribution < -0.4 is 5.32 Å². The third-order valence-corrected chi connectivity index (χ3v) is 2.95. The number of halogens is 3. The summed E-state index contributed by atoms with van der Waals surface area (Å²) in [6.07, 6.45) is 0. The molecule has 108 valence electrons. The van der Waals surface area contributed by atoms with E-state index in [0.717, 1.165) is 18.2 Å². The second-order valence-corrected chi connectivity index (χ2v) is 4.64. The van der Waals surface area contributed by atoms with E-state index in [9.17, 15) is 19.3 Å². The first kappa shape index (κ1) is 15.1. The first-order valence-corrected chi connectivity index (χ1v) is 6.21. The van der Waals surface area contributed by atoms with Gasteiger partial charge in [0.2, 0.25) is 5.82 Å². The highest BCUT2D eigenvalue weighted by molar-refractivity contribution is 6.31. The van der Waals surface area contributed by atoms with Crippen LogP contribution in [0.1, 0.15) is 10.4 Å². The molecule has 0 aliphatic rings. The van der Waals surface area contributed by atoms with Gasteiger partial charge in [0.15, 0.2) is 0 Å². The summed E-state index contributed by atoms with van der Waals surface area (Å²) in [6.45, 7) is 0. The van der Waals surface area contributed by atoms with Crippen molar-refractivity contribution in [2.75, 3.05) is 5.32 Å². The predicted molar refractivity (Wildman–Crippen MR) is 75.3 cm³/mol. The van der Waals surface area contributed by atoms with Crippen molar-refractivity contribution < 1.29 is 14.1 Å². The van der Waals surface area contributed by atoms with E-state index < -0.39 is 22.3 Å². The fourth-order valence-electron chi connectivity index (χ4n) is 1.48. The largest absolute Gasteiger partial charge is 0.311 e. The summed E-state index contributed by atoms with van der Waals surface area (Å²) in [4.78, 5) is 25.8. The lowest BCUT2D eigenvalue weighted by Crippen LogP contribution is -2.14. The molecule has 0 saturated carbocycles. The molecule has 1 aromatic heterocycles. The first-order valence-electron chi connectivity index (χ1n) is 5.46. The van der Waals surface area contributed by atoms with E-state index in [4.69, 9.17) is 23.2 Å². The fraction of sp³-hybridized carbons (Fsp3) is 0. The molecule has 0 fully saturated rings. The number of nitrogens with one attached hydrogen (secondary N) is 1. The monoisotopic (exact) mass is 329 g/mol. The second kappa shape index (κ2) is 6.02. The van der Waals surface area contributed by atoms with E-state index in [0.29, 0.717) is 0 Å². The van der Waals surface area contributed by atoms with Crippen LogP contribution in [0.25, 0.3) is 0 Å². The zero-order valence-corrected chi connectivity index (χ0v) is 11.7. The van der Waals surface area contributed by atoms with E-state index in [1.807, 2.05) is 0 Å². The maximum Gasteiger partial charge on any atom is 0.311 e. The van der Waals surface area contributed by atoms with E-state index in [2.05, 4.69) is 10.3 Å². The van der Waals surface area contributed by atoms with Crippen LogP contribution in [0.3, 0.4) is 0 Å². The van der Waals surface area contributed by atoms with Crippen LogP contribution in [-0.2, 0) is 0 Å². The number of hydrogen-bond donors (Lipinski definition) is 1. The van der Waals surface area contributed by atoms with Gasteiger partial charge in [0.05, 0.1) is 9.95 Å². The molecule has 1 aromatic carbocycles. The van der Waals surface area contributed by atoms with Gasteiger partial charge in [-0.25, -0.2) is 9.37 Å². The van der Waals surface area contributed by atoms with Crippen LogP contribution in [0, 0.1) is 15.9 Å². The van der Waals surface area contributed by atoms with Crippen LogP contribution in [0.15, 0.2) is 30.3 Å². The van der Waals surface area contributed by atoms with Crippen LogP contribution >= 0.6 is 23.2 Å². The summed E-state index contributed by atoms with van der Waals surface area (Å²) in [5.74, 6) is -1.72. The number of pyridine rings is 1. The molecule has 2 rings (SSSR count). The van der Waals surface area contributed by atoms with Crippen molar-refractivity contribution in [1.29, 1.82) is 0 Å². The Labute approximate surface area is 127 Å². The number of nitro groups is 1. The molecule has 0 unspecified atom stereocenters. The summed E-state index contributed by atoms with van der Waals surface area (Å²) in [6, 6.07) is 5.64. The summed E-state index contributed by atoms with van der Waals surface area (Å²) in [5, 5.41) is 12.8.